The molecule has 1 heterocycles. The predicted octanol–water partition coefficient (Wildman–Crippen LogP) is 2.10. The first-order valence-electron chi connectivity index (χ1n) is 7.64. The van der Waals surface area contributed by atoms with Crippen LogP contribution in [0.2, 0.25) is 0 Å². The molecule has 2 N–H and O–H groups in total. The second-order valence-corrected chi connectivity index (χ2v) is 6.62. The molecule has 1 aliphatic heterocycles. The van der Waals surface area contributed by atoms with Crippen LogP contribution in [0.5, 0.6) is 0 Å². The van der Waals surface area contributed by atoms with Gasteiger partial charge in [0.05, 0.1) is 5.60 Å². The summed E-state index contributed by atoms with van der Waals surface area (Å²) < 4.78 is 26.5. The molecular formula is C16H23BFNO4. The van der Waals surface area contributed by atoms with Gasteiger partial charge in [-0.15, -0.1) is 0 Å². The third-order valence-electron chi connectivity index (χ3n) is 4.75. The van der Waals surface area contributed by atoms with E-state index in [4.69, 9.17) is 14.4 Å². The van der Waals surface area contributed by atoms with Crippen LogP contribution in [0.4, 0.5) is 4.39 Å². The second-order valence-electron chi connectivity index (χ2n) is 6.62. The van der Waals surface area contributed by atoms with Gasteiger partial charge in [-0.25, -0.2) is 4.39 Å². The number of aliphatic hydroxyl groups is 1. The Morgan fingerprint density at radius 3 is 2.48 bits per heavy atom. The van der Waals surface area contributed by atoms with E-state index < -0.39 is 24.1 Å². The Morgan fingerprint density at radius 2 is 1.91 bits per heavy atom. The topological polar surface area (TPSA) is 67.8 Å². The molecule has 2 unspecified atom stereocenters. The highest BCUT2D eigenvalue weighted by molar-refractivity contribution is 6.47. The van der Waals surface area contributed by atoms with Crippen molar-refractivity contribution in [3.8, 4) is 0 Å². The van der Waals surface area contributed by atoms with Crippen LogP contribution in [0.3, 0.4) is 0 Å². The first-order chi connectivity index (χ1) is 10.6. The Balaban J connectivity index is 2.15. The highest BCUT2D eigenvalue weighted by Crippen LogP contribution is 2.47. The van der Waals surface area contributed by atoms with E-state index in [1.54, 1.807) is 45.0 Å². The Bertz CT molecular complexity index is 566. The van der Waals surface area contributed by atoms with Gasteiger partial charge in [-0.3, -0.25) is 4.79 Å². The summed E-state index contributed by atoms with van der Waals surface area (Å²) in [5.41, 5.74) is -3.67. The van der Waals surface area contributed by atoms with Gasteiger partial charge in [0.25, 0.3) is 0 Å². The number of hydrogen-bond acceptors (Lipinski definition) is 4. The number of alkyl halides is 1. The minimum absolute atomic E-state index is 0.0877. The van der Waals surface area contributed by atoms with Crippen molar-refractivity contribution in [2.75, 3.05) is 6.61 Å². The number of halogens is 1. The zero-order valence-corrected chi connectivity index (χ0v) is 13.9. The van der Waals surface area contributed by atoms with Crippen molar-refractivity contribution in [1.29, 1.82) is 0 Å². The summed E-state index contributed by atoms with van der Waals surface area (Å²) in [4.78, 5) is 12.2. The van der Waals surface area contributed by atoms with Crippen LogP contribution < -0.4 is 5.23 Å². The van der Waals surface area contributed by atoms with Gasteiger partial charge in [-0.1, -0.05) is 18.2 Å². The molecule has 1 amide bonds. The fourth-order valence-corrected chi connectivity index (χ4v) is 2.80. The molecule has 7 heteroatoms. The fourth-order valence-electron chi connectivity index (χ4n) is 2.80. The van der Waals surface area contributed by atoms with E-state index >= 15 is 4.39 Å². The minimum Gasteiger partial charge on any atom is -0.396 e. The van der Waals surface area contributed by atoms with Crippen LogP contribution in [0, 0.1) is 0 Å². The molecule has 5 nitrogen and oxygen atoms in total. The number of benzene rings is 1. The molecule has 126 valence electrons. The number of carbonyl (C=O) groups excluding carboxylic acids is 1. The fraction of sp³-hybridized carbons (Fsp3) is 0.562. The molecule has 0 spiro atoms. The van der Waals surface area contributed by atoms with Gasteiger partial charge < -0.3 is 19.6 Å². The molecule has 2 atom stereocenters. The van der Waals surface area contributed by atoms with Crippen LogP contribution in [-0.2, 0) is 9.31 Å². The maximum Gasteiger partial charge on any atom is 0.594 e. The summed E-state index contributed by atoms with van der Waals surface area (Å²) >= 11 is 0. The molecule has 1 aromatic carbocycles. The molecule has 0 saturated carbocycles. The lowest BCUT2D eigenvalue weighted by atomic mass is 9.74. The van der Waals surface area contributed by atoms with Crippen molar-refractivity contribution in [3.63, 3.8) is 0 Å². The smallest absolute Gasteiger partial charge is 0.396 e. The first-order valence-corrected chi connectivity index (χ1v) is 7.64. The van der Waals surface area contributed by atoms with E-state index in [1.807, 2.05) is 6.07 Å². The van der Waals surface area contributed by atoms with E-state index in [1.165, 1.54) is 6.92 Å². The van der Waals surface area contributed by atoms with Crippen molar-refractivity contribution in [1.82, 2.24) is 5.23 Å². The molecule has 2 rings (SSSR count). The molecule has 0 aromatic heterocycles. The monoisotopic (exact) mass is 323 g/mol. The standard InChI is InChI=1S/C16H23BFNO4/c1-14(2)16(4,15(3,18)10-11-20)23-17(22-14)19-13(21)12-8-6-5-7-9-12/h5-9,20H,10-11H2,1-4H3,(H,19,21). The van der Waals surface area contributed by atoms with Gasteiger partial charge >= 0.3 is 7.25 Å². The van der Waals surface area contributed by atoms with Gasteiger partial charge in [-0.2, -0.15) is 0 Å². The van der Waals surface area contributed by atoms with E-state index in [0.717, 1.165) is 0 Å². The number of nitrogens with one attached hydrogen (secondary N) is 1. The molecule has 23 heavy (non-hydrogen) atoms. The Hall–Kier alpha value is -1.44. The molecule has 1 aliphatic rings. The third kappa shape index (κ3) is 3.27. The first kappa shape index (κ1) is 17.9. The maximum atomic E-state index is 15.0. The summed E-state index contributed by atoms with van der Waals surface area (Å²) in [5.74, 6) is -0.363. The number of carbonyl (C=O) groups is 1. The van der Waals surface area contributed by atoms with Gasteiger partial charge in [0, 0.05) is 18.6 Å². The van der Waals surface area contributed by atoms with Crippen molar-refractivity contribution in [2.24, 2.45) is 0 Å². The molecule has 0 radical (unpaired) electrons. The Labute approximate surface area is 136 Å². The van der Waals surface area contributed by atoms with Crippen LogP contribution >= 0.6 is 0 Å². The SMILES string of the molecule is CC(F)(CCO)C1(C)OB(NC(=O)c2ccccc2)OC1(C)C. The number of amides is 1. The third-order valence-corrected chi connectivity index (χ3v) is 4.75. The van der Waals surface area contributed by atoms with E-state index in [0.29, 0.717) is 5.56 Å². The zero-order valence-electron chi connectivity index (χ0n) is 13.9. The minimum atomic E-state index is -1.82. The van der Waals surface area contributed by atoms with E-state index in [2.05, 4.69) is 5.23 Å². The quantitative estimate of drug-likeness (QED) is 0.815. The average Bonchev–Trinajstić information content (AvgIpc) is 2.70. The molecular weight excluding hydrogens is 300 g/mol. The van der Waals surface area contributed by atoms with Crippen molar-refractivity contribution >= 4 is 13.2 Å². The highest BCUT2D eigenvalue weighted by Gasteiger charge is 2.64. The second kappa shape index (κ2) is 6.22. The molecule has 0 bridgehead atoms. The lowest BCUT2D eigenvalue weighted by molar-refractivity contribution is -0.122. The van der Waals surface area contributed by atoms with Crippen LogP contribution in [0.1, 0.15) is 44.5 Å². The largest absolute Gasteiger partial charge is 0.594 e. The summed E-state index contributed by atoms with van der Waals surface area (Å²) in [7, 11) is -1.06. The number of aliphatic hydroxyl groups excluding tert-OH is 1. The summed E-state index contributed by atoms with van der Waals surface area (Å²) in [6, 6.07) is 8.64. The van der Waals surface area contributed by atoms with Gasteiger partial charge in [0.1, 0.15) is 11.3 Å². The predicted molar refractivity (Wildman–Crippen MR) is 85.5 cm³/mol. The molecule has 1 saturated heterocycles. The van der Waals surface area contributed by atoms with Crippen LogP contribution in [-0.4, -0.2) is 41.7 Å². The van der Waals surface area contributed by atoms with Crippen LogP contribution in [0.25, 0.3) is 0 Å². The van der Waals surface area contributed by atoms with E-state index in [9.17, 15) is 4.79 Å². The van der Waals surface area contributed by atoms with Crippen LogP contribution in [0.15, 0.2) is 30.3 Å². The normalized spacial score (nSPS) is 25.9. The maximum absolute atomic E-state index is 15.0. The van der Waals surface area contributed by atoms with Crippen molar-refractivity contribution in [2.45, 2.75) is 51.0 Å². The molecule has 1 fully saturated rings. The van der Waals surface area contributed by atoms with Gasteiger partial charge in [0.15, 0.2) is 0 Å². The van der Waals surface area contributed by atoms with E-state index in [-0.39, 0.29) is 18.9 Å². The van der Waals surface area contributed by atoms with Crippen molar-refractivity contribution in [3.05, 3.63) is 35.9 Å². The molecule has 0 aliphatic carbocycles. The number of rotatable bonds is 5. The van der Waals surface area contributed by atoms with Gasteiger partial charge in [-0.05, 0) is 39.8 Å². The average molecular weight is 323 g/mol. The zero-order chi connectivity index (χ0) is 17.3. The number of hydrogen-bond donors (Lipinski definition) is 2. The lowest BCUT2D eigenvalue weighted by Gasteiger charge is -2.44. The summed E-state index contributed by atoms with van der Waals surface area (Å²) in [5, 5.41) is 11.7. The van der Waals surface area contributed by atoms with Crippen molar-refractivity contribution < 1.29 is 23.6 Å². The Kier molecular flexibility index (Phi) is 4.85. The summed E-state index contributed by atoms with van der Waals surface area (Å²) in [6.45, 7) is 6.07. The molecule has 1 aromatic rings. The van der Waals surface area contributed by atoms with Gasteiger partial charge in [0.2, 0.25) is 5.91 Å². The highest BCUT2D eigenvalue weighted by atomic mass is 19.1. The lowest BCUT2D eigenvalue weighted by Crippen LogP contribution is -2.59. The Morgan fingerprint density at radius 1 is 1.30 bits per heavy atom. The summed E-state index contributed by atoms with van der Waals surface area (Å²) in [6.07, 6.45) is -0.0877.